The van der Waals surface area contributed by atoms with Crippen LogP contribution >= 0.6 is 22.6 Å². The summed E-state index contributed by atoms with van der Waals surface area (Å²) in [7, 11) is 0. The highest BCUT2D eigenvalue weighted by atomic mass is 127. The lowest BCUT2D eigenvalue weighted by atomic mass is 9.89. The highest BCUT2D eigenvalue weighted by Gasteiger charge is 2.18. The smallest absolute Gasteiger partial charge is 0.124 e. The van der Waals surface area contributed by atoms with Crippen LogP contribution in [0.25, 0.3) is 0 Å². The van der Waals surface area contributed by atoms with E-state index in [0.717, 1.165) is 22.5 Å². The third kappa shape index (κ3) is 5.68. The van der Waals surface area contributed by atoms with E-state index in [1.165, 1.54) is 31.2 Å². The van der Waals surface area contributed by atoms with Gasteiger partial charge in [-0.3, -0.25) is 0 Å². The predicted octanol–water partition coefficient (Wildman–Crippen LogP) is 5.69. The molecule has 0 fully saturated rings. The fraction of sp³-hybridized carbons (Fsp3) is 0.647. The Morgan fingerprint density at radius 2 is 2.00 bits per heavy atom. The van der Waals surface area contributed by atoms with Gasteiger partial charge in [0.15, 0.2) is 0 Å². The molecule has 0 aliphatic heterocycles. The molecule has 0 bridgehead atoms. The van der Waals surface area contributed by atoms with Crippen LogP contribution in [-0.2, 0) is 0 Å². The highest BCUT2D eigenvalue weighted by Crippen LogP contribution is 2.29. The lowest BCUT2D eigenvalue weighted by molar-refractivity contribution is 0.356. The normalized spacial score (nSPS) is 14.2. The minimum atomic E-state index is -0.147. The van der Waals surface area contributed by atoms with Crippen molar-refractivity contribution in [2.24, 2.45) is 5.92 Å². The molecule has 0 heterocycles. The lowest BCUT2D eigenvalue weighted by Gasteiger charge is -2.25. The van der Waals surface area contributed by atoms with Gasteiger partial charge in [-0.1, -0.05) is 52.5 Å². The molecule has 20 heavy (non-hydrogen) atoms. The van der Waals surface area contributed by atoms with Crippen LogP contribution in [0, 0.1) is 15.3 Å². The van der Waals surface area contributed by atoms with Gasteiger partial charge in [0.25, 0.3) is 0 Å². The van der Waals surface area contributed by atoms with Gasteiger partial charge in [0, 0.05) is 9.61 Å². The Bertz CT molecular complexity index is 395. The maximum absolute atomic E-state index is 13.3. The van der Waals surface area contributed by atoms with Crippen molar-refractivity contribution in [3.63, 3.8) is 0 Å². The molecule has 2 atom stereocenters. The largest absolute Gasteiger partial charge is 0.310 e. The number of hydrogen-bond donors (Lipinski definition) is 1. The maximum Gasteiger partial charge on any atom is 0.124 e. The maximum atomic E-state index is 13.3. The van der Waals surface area contributed by atoms with Crippen molar-refractivity contribution in [1.29, 1.82) is 0 Å². The Morgan fingerprint density at radius 1 is 1.25 bits per heavy atom. The SMILES string of the molecule is CCCCC(CC)CC(NCC)c1ccc(F)cc1I. The molecule has 0 amide bonds. The molecule has 0 saturated heterocycles. The van der Waals surface area contributed by atoms with Crippen LogP contribution in [0.4, 0.5) is 4.39 Å². The number of halogens is 2. The van der Waals surface area contributed by atoms with E-state index in [2.05, 4.69) is 48.7 Å². The van der Waals surface area contributed by atoms with Gasteiger partial charge in [-0.25, -0.2) is 4.39 Å². The minimum Gasteiger partial charge on any atom is -0.310 e. The van der Waals surface area contributed by atoms with Gasteiger partial charge in [-0.05, 0) is 59.2 Å². The average molecular weight is 391 g/mol. The molecule has 0 radical (unpaired) electrons. The zero-order valence-electron chi connectivity index (χ0n) is 12.9. The van der Waals surface area contributed by atoms with E-state index in [9.17, 15) is 4.39 Å². The molecule has 114 valence electrons. The van der Waals surface area contributed by atoms with E-state index in [-0.39, 0.29) is 5.82 Å². The standard InChI is InChI=1S/C17H27FIN/c1-4-7-8-13(5-2)11-17(20-6-3)15-10-9-14(18)12-16(15)19/h9-10,12-13,17,20H,4-8,11H2,1-3H3. The van der Waals surface area contributed by atoms with E-state index in [0.29, 0.717) is 6.04 Å². The predicted molar refractivity (Wildman–Crippen MR) is 93.5 cm³/mol. The molecule has 0 aliphatic rings. The third-order valence-electron chi connectivity index (χ3n) is 3.90. The number of hydrogen-bond acceptors (Lipinski definition) is 1. The molecule has 1 rings (SSSR count). The first kappa shape index (κ1) is 17.9. The van der Waals surface area contributed by atoms with Gasteiger partial charge in [0.05, 0.1) is 0 Å². The Balaban J connectivity index is 2.81. The van der Waals surface area contributed by atoms with Crippen LogP contribution in [0.1, 0.15) is 64.5 Å². The van der Waals surface area contributed by atoms with Crippen molar-refractivity contribution in [3.8, 4) is 0 Å². The van der Waals surface area contributed by atoms with E-state index in [1.807, 2.05) is 6.07 Å². The van der Waals surface area contributed by atoms with Crippen molar-refractivity contribution >= 4 is 22.6 Å². The van der Waals surface area contributed by atoms with Crippen LogP contribution in [0.15, 0.2) is 18.2 Å². The first-order valence-corrected chi connectivity index (χ1v) is 8.88. The second-order valence-electron chi connectivity index (χ2n) is 5.43. The lowest BCUT2D eigenvalue weighted by Crippen LogP contribution is -2.24. The molecule has 0 aromatic heterocycles. The molecular formula is C17H27FIN. The molecule has 1 aromatic carbocycles. The topological polar surface area (TPSA) is 12.0 Å². The van der Waals surface area contributed by atoms with Crippen molar-refractivity contribution in [2.45, 2.75) is 58.9 Å². The second kappa shape index (κ2) is 9.72. The van der Waals surface area contributed by atoms with Crippen molar-refractivity contribution in [1.82, 2.24) is 5.32 Å². The molecule has 1 N–H and O–H groups in total. The Labute approximate surface area is 136 Å². The molecular weight excluding hydrogens is 364 g/mol. The van der Waals surface area contributed by atoms with Gasteiger partial charge in [0.2, 0.25) is 0 Å². The van der Waals surface area contributed by atoms with E-state index in [1.54, 1.807) is 12.1 Å². The van der Waals surface area contributed by atoms with Gasteiger partial charge in [-0.15, -0.1) is 0 Å². The first-order chi connectivity index (χ1) is 9.62. The Hall–Kier alpha value is -0.160. The van der Waals surface area contributed by atoms with Crippen LogP contribution in [0.3, 0.4) is 0 Å². The minimum absolute atomic E-state index is 0.147. The highest BCUT2D eigenvalue weighted by molar-refractivity contribution is 14.1. The second-order valence-corrected chi connectivity index (χ2v) is 6.59. The molecule has 2 unspecified atom stereocenters. The zero-order chi connectivity index (χ0) is 15.0. The summed E-state index contributed by atoms with van der Waals surface area (Å²) in [6.45, 7) is 7.61. The van der Waals surface area contributed by atoms with Gasteiger partial charge < -0.3 is 5.32 Å². The fourth-order valence-corrected chi connectivity index (χ4v) is 3.52. The number of unbranched alkanes of at least 4 members (excludes halogenated alkanes) is 1. The first-order valence-electron chi connectivity index (χ1n) is 7.80. The number of rotatable bonds is 9. The quantitative estimate of drug-likeness (QED) is 0.534. The third-order valence-corrected chi connectivity index (χ3v) is 4.83. The number of benzene rings is 1. The van der Waals surface area contributed by atoms with Crippen LogP contribution in [-0.4, -0.2) is 6.54 Å². The molecule has 0 saturated carbocycles. The molecule has 1 nitrogen and oxygen atoms in total. The summed E-state index contributed by atoms with van der Waals surface area (Å²) < 4.78 is 14.3. The summed E-state index contributed by atoms with van der Waals surface area (Å²) >= 11 is 2.25. The van der Waals surface area contributed by atoms with Crippen LogP contribution in [0.5, 0.6) is 0 Å². The fourth-order valence-electron chi connectivity index (χ4n) is 2.67. The summed E-state index contributed by atoms with van der Waals surface area (Å²) in [4.78, 5) is 0. The van der Waals surface area contributed by atoms with Gasteiger partial charge in [-0.2, -0.15) is 0 Å². The Kier molecular flexibility index (Phi) is 8.69. The molecule has 0 spiro atoms. The van der Waals surface area contributed by atoms with E-state index in [4.69, 9.17) is 0 Å². The van der Waals surface area contributed by atoms with Crippen molar-refractivity contribution in [2.75, 3.05) is 6.54 Å². The summed E-state index contributed by atoms with van der Waals surface area (Å²) in [5, 5.41) is 3.57. The van der Waals surface area contributed by atoms with E-state index < -0.39 is 0 Å². The van der Waals surface area contributed by atoms with E-state index >= 15 is 0 Å². The summed E-state index contributed by atoms with van der Waals surface area (Å²) in [5.74, 6) is 0.603. The Morgan fingerprint density at radius 3 is 2.55 bits per heavy atom. The van der Waals surface area contributed by atoms with Crippen molar-refractivity contribution in [3.05, 3.63) is 33.1 Å². The van der Waals surface area contributed by atoms with Gasteiger partial charge in [0.1, 0.15) is 5.82 Å². The van der Waals surface area contributed by atoms with Crippen LogP contribution < -0.4 is 5.32 Å². The molecule has 1 aromatic rings. The molecule has 0 aliphatic carbocycles. The van der Waals surface area contributed by atoms with Crippen LogP contribution in [0.2, 0.25) is 0 Å². The zero-order valence-corrected chi connectivity index (χ0v) is 15.0. The summed E-state index contributed by atoms with van der Waals surface area (Å²) in [5.41, 5.74) is 1.24. The average Bonchev–Trinajstić information content (AvgIpc) is 2.42. The van der Waals surface area contributed by atoms with Crippen molar-refractivity contribution < 1.29 is 4.39 Å². The molecule has 3 heteroatoms. The monoisotopic (exact) mass is 391 g/mol. The number of nitrogens with one attached hydrogen (secondary N) is 1. The summed E-state index contributed by atoms with van der Waals surface area (Å²) in [6, 6.07) is 5.49. The van der Waals surface area contributed by atoms with Gasteiger partial charge >= 0.3 is 0 Å². The summed E-state index contributed by atoms with van der Waals surface area (Å²) in [6.07, 6.45) is 6.23.